The predicted molar refractivity (Wildman–Crippen MR) is 81.5 cm³/mol. The van der Waals surface area contributed by atoms with E-state index in [0.717, 1.165) is 15.4 Å². The summed E-state index contributed by atoms with van der Waals surface area (Å²) in [5, 5.41) is 0. The van der Waals surface area contributed by atoms with Gasteiger partial charge in [-0.05, 0) is 41.8 Å². The van der Waals surface area contributed by atoms with Crippen molar-refractivity contribution in [3.05, 3.63) is 62.8 Å². The number of halogens is 3. The summed E-state index contributed by atoms with van der Waals surface area (Å²) >= 11 is 10.8. The van der Waals surface area contributed by atoms with Crippen LogP contribution >= 0.6 is 47.8 Å². The van der Waals surface area contributed by atoms with Crippen LogP contribution in [0.1, 0.15) is 16.0 Å². The fourth-order valence-electron chi connectivity index (χ4n) is 1.59. The SMILES string of the molecule is Brc1ccc(C(Br)Cc2ccncc2)c(Br)c1. The minimum atomic E-state index is 0.298. The van der Waals surface area contributed by atoms with Crippen LogP contribution in [0.2, 0.25) is 0 Å². The van der Waals surface area contributed by atoms with Crippen molar-refractivity contribution >= 4 is 47.8 Å². The monoisotopic (exact) mass is 417 g/mol. The number of hydrogen-bond acceptors (Lipinski definition) is 1. The molecule has 1 nitrogen and oxygen atoms in total. The summed E-state index contributed by atoms with van der Waals surface area (Å²) in [6, 6.07) is 10.3. The molecular formula is C13H10Br3N. The Morgan fingerprint density at radius 1 is 1.06 bits per heavy atom. The molecule has 2 rings (SSSR count). The average molecular weight is 420 g/mol. The molecule has 0 aliphatic heterocycles. The maximum absolute atomic E-state index is 4.02. The van der Waals surface area contributed by atoms with Gasteiger partial charge in [0.1, 0.15) is 0 Å². The van der Waals surface area contributed by atoms with Crippen molar-refractivity contribution in [2.45, 2.75) is 11.2 Å². The summed E-state index contributed by atoms with van der Waals surface area (Å²) in [6.07, 6.45) is 4.60. The van der Waals surface area contributed by atoms with Gasteiger partial charge < -0.3 is 0 Å². The van der Waals surface area contributed by atoms with Crippen LogP contribution in [-0.4, -0.2) is 4.98 Å². The van der Waals surface area contributed by atoms with E-state index in [1.165, 1.54) is 11.1 Å². The van der Waals surface area contributed by atoms with Gasteiger partial charge in [0.25, 0.3) is 0 Å². The topological polar surface area (TPSA) is 12.9 Å². The van der Waals surface area contributed by atoms with Crippen molar-refractivity contribution in [1.29, 1.82) is 0 Å². The van der Waals surface area contributed by atoms with E-state index in [1.807, 2.05) is 24.5 Å². The van der Waals surface area contributed by atoms with Crippen LogP contribution in [0.15, 0.2) is 51.7 Å². The van der Waals surface area contributed by atoms with Gasteiger partial charge in [-0.15, -0.1) is 0 Å². The number of alkyl halides is 1. The van der Waals surface area contributed by atoms with Crippen LogP contribution < -0.4 is 0 Å². The van der Waals surface area contributed by atoms with E-state index in [-0.39, 0.29) is 0 Å². The molecule has 0 saturated carbocycles. The molecular weight excluding hydrogens is 410 g/mol. The van der Waals surface area contributed by atoms with Gasteiger partial charge in [0.15, 0.2) is 0 Å². The van der Waals surface area contributed by atoms with Crippen LogP contribution in [0.25, 0.3) is 0 Å². The Balaban J connectivity index is 2.17. The molecule has 0 aliphatic rings. The van der Waals surface area contributed by atoms with Crippen LogP contribution in [0.3, 0.4) is 0 Å². The second kappa shape index (κ2) is 6.12. The Hall–Kier alpha value is -0.190. The molecule has 4 heteroatoms. The zero-order valence-corrected chi connectivity index (χ0v) is 13.7. The summed E-state index contributed by atoms with van der Waals surface area (Å²) in [6.45, 7) is 0. The van der Waals surface area contributed by atoms with E-state index in [1.54, 1.807) is 0 Å². The highest BCUT2D eigenvalue weighted by molar-refractivity contribution is 9.11. The summed E-state index contributed by atoms with van der Waals surface area (Å²) < 4.78 is 2.19. The fourth-order valence-corrected chi connectivity index (χ4v) is 3.99. The van der Waals surface area contributed by atoms with Gasteiger partial charge in [-0.1, -0.05) is 53.9 Å². The highest BCUT2D eigenvalue weighted by Crippen LogP contribution is 2.33. The van der Waals surface area contributed by atoms with Crippen molar-refractivity contribution in [2.24, 2.45) is 0 Å². The molecule has 1 atom stereocenters. The van der Waals surface area contributed by atoms with Gasteiger partial charge in [0.2, 0.25) is 0 Å². The number of pyridine rings is 1. The number of hydrogen-bond donors (Lipinski definition) is 0. The first-order valence-corrected chi connectivity index (χ1v) is 7.65. The van der Waals surface area contributed by atoms with Crippen LogP contribution in [-0.2, 0) is 6.42 Å². The van der Waals surface area contributed by atoms with Gasteiger partial charge in [0, 0.05) is 26.2 Å². The Labute approximate surface area is 126 Å². The van der Waals surface area contributed by atoms with Gasteiger partial charge in [-0.2, -0.15) is 0 Å². The van der Waals surface area contributed by atoms with Crippen molar-refractivity contribution in [3.8, 4) is 0 Å². The van der Waals surface area contributed by atoms with Crippen LogP contribution in [0.4, 0.5) is 0 Å². The smallest absolute Gasteiger partial charge is 0.0446 e. The third-order valence-electron chi connectivity index (χ3n) is 2.46. The molecule has 2 aromatic rings. The molecule has 0 aliphatic carbocycles. The van der Waals surface area contributed by atoms with E-state index in [0.29, 0.717) is 4.83 Å². The second-order valence-electron chi connectivity index (χ2n) is 3.69. The van der Waals surface area contributed by atoms with Crippen molar-refractivity contribution in [3.63, 3.8) is 0 Å². The average Bonchev–Trinajstić information content (AvgIpc) is 2.30. The number of nitrogens with zero attached hydrogens (tertiary/aromatic N) is 1. The number of benzene rings is 1. The molecule has 1 aromatic heterocycles. The lowest BCUT2D eigenvalue weighted by molar-refractivity contribution is 0.938. The summed E-state index contributed by atoms with van der Waals surface area (Å²) in [7, 11) is 0. The molecule has 0 N–H and O–H groups in total. The lowest BCUT2D eigenvalue weighted by Crippen LogP contribution is -1.96. The minimum Gasteiger partial charge on any atom is -0.265 e. The lowest BCUT2D eigenvalue weighted by atomic mass is 10.1. The maximum atomic E-state index is 4.02. The second-order valence-corrected chi connectivity index (χ2v) is 6.57. The zero-order chi connectivity index (χ0) is 12.3. The summed E-state index contributed by atoms with van der Waals surface area (Å²) in [5.74, 6) is 0. The minimum absolute atomic E-state index is 0.298. The Morgan fingerprint density at radius 2 is 1.76 bits per heavy atom. The van der Waals surface area contributed by atoms with Crippen LogP contribution in [0.5, 0.6) is 0 Å². The van der Waals surface area contributed by atoms with E-state index < -0.39 is 0 Å². The Kier molecular flexibility index (Phi) is 4.77. The van der Waals surface area contributed by atoms with Gasteiger partial charge in [-0.3, -0.25) is 4.98 Å². The molecule has 1 unspecified atom stereocenters. The standard InChI is InChI=1S/C13H10Br3N/c14-10-1-2-11(13(16)8-10)12(15)7-9-3-5-17-6-4-9/h1-6,8,12H,7H2. The molecule has 1 aromatic carbocycles. The van der Waals surface area contributed by atoms with E-state index >= 15 is 0 Å². The van der Waals surface area contributed by atoms with E-state index in [9.17, 15) is 0 Å². The first kappa shape index (κ1) is 13.2. The molecule has 0 bridgehead atoms. The predicted octanol–water partition coefficient (Wildman–Crippen LogP) is 5.29. The Bertz CT molecular complexity index is 499. The zero-order valence-electron chi connectivity index (χ0n) is 8.91. The number of aromatic nitrogens is 1. The van der Waals surface area contributed by atoms with Gasteiger partial charge >= 0.3 is 0 Å². The first-order chi connectivity index (χ1) is 8.16. The lowest BCUT2D eigenvalue weighted by Gasteiger charge is -2.12. The highest BCUT2D eigenvalue weighted by Gasteiger charge is 2.12. The third kappa shape index (κ3) is 3.63. The van der Waals surface area contributed by atoms with Crippen molar-refractivity contribution in [2.75, 3.05) is 0 Å². The van der Waals surface area contributed by atoms with E-state index in [2.05, 4.69) is 71.0 Å². The highest BCUT2D eigenvalue weighted by atomic mass is 79.9. The molecule has 0 fully saturated rings. The summed E-state index contributed by atoms with van der Waals surface area (Å²) in [5.41, 5.74) is 2.53. The van der Waals surface area contributed by atoms with Gasteiger partial charge in [-0.25, -0.2) is 0 Å². The summed E-state index contributed by atoms with van der Waals surface area (Å²) in [4.78, 5) is 4.32. The molecule has 0 amide bonds. The molecule has 88 valence electrons. The normalized spacial score (nSPS) is 12.4. The first-order valence-electron chi connectivity index (χ1n) is 5.15. The van der Waals surface area contributed by atoms with Crippen LogP contribution in [0, 0.1) is 0 Å². The number of rotatable bonds is 3. The Morgan fingerprint density at radius 3 is 2.41 bits per heavy atom. The fraction of sp³-hybridized carbons (Fsp3) is 0.154. The largest absolute Gasteiger partial charge is 0.265 e. The van der Waals surface area contributed by atoms with Crippen molar-refractivity contribution < 1.29 is 0 Å². The molecule has 17 heavy (non-hydrogen) atoms. The quantitative estimate of drug-likeness (QED) is 0.616. The van der Waals surface area contributed by atoms with E-state index in [4.69, 9.17) is 0 Å². The van der Waals surface area contributed by atoms with Gasteiger partial charge in [0.05, 0.1) is 0 Å². The molecule has 0 spiro atoms. The van der Waals surface area contributed by atoms with Crippen molar-refractivity contribution in [1.82, 2.24) is 4.98 Å². The molecule has 0 saturated heterocycles. The molecule has 0 radical (unpaired) electrons. The third-order valence-corrected chi connectivity index (χ3v) is 4.46. The maximum Gasteiger partial charge on any atom is 0.0446 e. The molecule has 1 heterocycles.